The number of carbonyl (C=O) groups is 3. The summed E-state index contributed by atoms with van der Waals surface area (Å²) in [5.41, 5.74) is 0.312. The van der Waals surface area contributed by atoms with Crippen LogP contribution < -0.4 is 5.32 Å². The highest BCUT2D eigenvalue weighted by Gasteiger charge is 2.38. The van der Waals surface area contributed by atoms with Crippen molar-refractivity contribution in [2.45, 2.75) is 55.6 Å². The standard InChI is InChI=1S/C19H28N2O5S3.C2HF3O2/c1-21(16-7-3-2-4-8-16)29(25,26)17-9-5-6-15(14-17)19(24)20-11-13-28-27-12-10-18(22)23;3-2(4,5)1(6)7/h5-6,9,14,16H,2-4,7-8,10-13H2,1H3,(H,20,24)(H,22,23);(H,6,7). The highest BCUT2D eigenvalue weighted by molar-refractivity contribution is 8.76. The monoisotopic (exact) mass is 574 g/mol. The average Bonchev–Trinajstić information content (AvgIpc) is 2.83. The van der Waals surface area contributed by atoms with Gasteiger partial charge < -0.3 is 15.5 Å². The van der Waals surface area contributed by atoms with Crippen LogP contribution in [0.25, 0.3) is 0 Å². The van der Waals surface area contributed by atoms with Crippen LogP contribution in [0.4, 0.5) is 13.2 Å². The molecule has 9 nitrogen and oxygen atoms in total. The van der Waals surface area contributed by atoms with Gasteiger partial charge in [0.2, 0.25) is 10.0 Å². The zero-order valence-corrected chi connectivity index (χ0v) is 21.9. The van der Waals surface area contributed by atoms with Crippen molar-refractivity contribution in [1.82, 2.24) is 9.62 Å². The van der Waals surface area contributed by atoms with Gasteiger partial charge in [-0.1, -0.05) is 46.9 Å². The molecule has 1 aromatic rings. The van der Waals surface area contributed by atoms with Crippen molar-refractivity contribution in [2.75, 3.05) is 25.1 Å². The van der Waals surface area contributed by atoms with Gasteiger partial charge in [0.1, 0.15) is 0 Å². The average molecular weight is 575 g/mol. The van der Waals surface area contributed by atoms with E-state index in [-0.39, 0.29) is 23.3 Å². The smallest absolute Gasteiger partial charge is 0.481 e. The summed E-state index contributed by atoms with van der Waals surface area (Å²) in [6.45, 7) is 0.419. The molecule has 1 aromatic carbocycles. The number of carboxylic acid groups (broad SMARTS) is 2. The fraction of sp³-hybridized carbons (Fsp3) is 0.571. The Morgan fingerprint density at radius 2 is 1.67 bits per heavy atom. The van der Waals surface area contributed by atoms with Crippen LogP contribution in [-0.2, 0) is 19.6 Å². The number of carbonyl (C=O) groups excluding carboxylic acids is 1. The topological polar surface area (TPSA) is 141 Å². The number of nitrogens with zero attached hydrogens (tertiary/aromatic N) is 1. The maximum absolute atomic E-state index is 13.0. The molecule has 1 aliphatic carbocycles. The van der Waals surface area contributed by atoms with E-state index in [2.05, 4.69) is 5.32 Å². The molecular weight excluding hydrogens is 545 g/mol. The number of carboxylic acids is 2. The third-order valence-corrected chi connectivity index (χ3v) is 9.37. The van der Waals surface area contributed by atoms with Gasteiger partial charge in [0, 0.05) is 36.7 Å². The number of hydrogen-bond acceptors (Lipinski definition) is 7. The van der Waals surface area contributed by atoms with Gasteiger partial charge in [0.15, 0.2) is 0 Å². The third kappa shape index (κ3) is 11.4. The van der Waals surface area contributed by atoms with Gasteiger partial charge in [-0.25, -0.2) is 13.2 Å². The first-order valence-corrected chi connectivity index (χ1v) is 14.8. The molecule has 0 unspecified atom stereocenters. The van der Waals surface area contributed by atoms with E-state index in [1.54, 1.807) is 19.2 Å². The summed E-state index contributed by atoms with van der Waals surface area (Å²) in [4.78, 5) is 31.8. The van der Waals surface area contributed by atoms with Crippen molar-refractivity contribution in [2.24, 2.45) is 0 Å². The van der Waals surface area contributed by atoms with E-state index in [0.717, 1.165) is 32.1 Å². The fourth-order valence-electron chi connectivity index (χ4n) is 3.16. The van der Waals surface area contributed by atoms with Crippen LogP contribution in [0.5, 0.6) is 0 Å². The normalized spacial score (nSPS) is 14.6. The van der Waals surface area contributed by atoms with E-state index in [1.807, 2.05) is 0 Å². The molecule has 0 atom stereocenters. The van der Waals surface area contributed by atoms with Crippen molar-refractivity contribution >= 4 is 49.5 Å². The number of rotatable bonds is 11. The molecule has 0 spiro atoms. The van der Waals surface area contributed by atoms with Crippen molar-refractivity contribution in [1.29, 1.82) is 0 Å². The Hall–Kier alpha value is -1.97. The molecule has 1 fully saturated rings. The second-order valence-corrected chi connectivity index (χ2v) is 12.4. The molecule has 0 radical (unpaired) electrons. The van der Waals surface area contributed by atoms with Crippen LogP contribution in [0, 0.1) is 0 Å². The van der Waals surface area contributed by atoms with Gasteiger partial charge in [-0.3, -0.25) is 9.59 Å². The van der Waals surface area contributed by atoms with Crippen LogP contribution >= 0.6 is 21.6 Å². The molecule has 0 saturated heterocycles. The van der Waals surface area contributed by atoms with E-state index in [1.165, 1.54) is 38.0 Å². The summed E-state index contributed by atoms with van der Waals surface area (Å²) in [5.74, 6) is -2.75. The summed E-state index contributed by atoms with van der Waals surface area (Å²) < 4.78 is 59.1. The number of halogens is 3. The molecule has 2 rings (SSSR count). The summed E-state index contributed by atoms with van der Waals surface area (Å²) in [7, 11) is 0.930. The van der Waals surface area contributed by atoms with Crippen LogP contribution in [0.15, 0.2) is 29.2 Å². The number of benzene rings is 1. The van der Waals surface area contributed by atoms with Gasteiger partial charge in [0.25, 0.3) is 5.91 Å². The number of hydrogen-bond donors (Lipinski definition) is 3. The summed E-state index contributed by atoms with van der Waals surface area (Å²) in [6, 6.07) is 6.16. The number of alkyl halides is 3. The second kappa shape index (κ2) is 15.3. The van der Waals surface area contributed by atoms with Gasteiger partial charge >= 0.3 is 18.1 Å². The SMILES string of the molecule is CN(C1CCCCC1)S(=O)(=O)c1cccc(C(=O)NCCSSCCC(=O)O)c1.O=C(O)C(F)(F)F. The number of sulfonamides is 1. The maximum atomic E-state index is 13.0. The lowest BCUT2D eigenvalue weighted by atomic mass is 9.96. The largest absolute Gasteiger partial charge is 0.490 e. The van der Waals surface area contributed by atoms with Crippen molar-refractivity contribution in [3.8, 4) is 0 Å². The van der Waals surface area contributed by atoms with Gasteiger partial charge in [0.05, 0.1) is 11.3 Å². The highest BCUT2D eigenvalue weighted by atomic mass is 33.1. The molecule has 36 heavy (non-hydrogen) atoms. The van der Waals surface area contributed by atoms with Crippen molar-refractivity contribution < 1.29 is 46.2 Å². The van der Waals surface area contributed by atoms with E-state index in [9.17, 15) is 31.2 Å². The first-order valence-electron chi connectivity index (χ1n) is 10.9. The molecular formula is C21H29F3N2O7S3. The Morgan fingerprint density at radius 3 is 2.22 bits per heavy atom. The number of nitrogens with one attached hydrogen (secondary N) is 1. The predicted octanol–water partition coefficient (Wildman–Crippen LogP) is 3.86. The molecule has 204 valence electrons. The molecule has 0 aromatic heterocycles. The lowest BCUT2D eigenvalue weighted by Gasteiger charge is -2.30. The number of amides is 1. The Labute approximate surface area is 215 Å². The molecule has 0 bridgehead atoms. The zero-order valence-electron chi connectivity index (χ0n) is 19.5. The summed E-state index contributed by atoms with van der Waals surface area (Å²) >= 11 is 0. The molecule has 0 aliphatic heterocycles. The highest BCUT2D eigenvalue weighted by Crippen LogP contribution is 2.27. The minimum absolute atomic E-state index is 0.0156. The quantitative estimate of drug-likeness (QED) is 0.265. The van der Waals surface area contributed by atoms with E-state index >= 15 is 0 Å². The van der Waals surface area contributed by atoms with E-state index < -0.39 is 28.1 Å². The molecule has 1 aliphatic rings. The van der Waals surface area contributed by atoms with Gasteiger partial charge in [-0.2, -0.15) is 17.5 Å². The van der Waals surface area contributed by atoms with Crippen LogP contribution in [-0.4, -0.2) is 78.1 Å². The lowest BCUT2D eigenvalue weighted by Crippen LogP contribution is -2.38. The van der Waals surface area contributed by atoms with Crippen LogP contribution in [0.3, 0.4) is 0 Å². The second-order valence-electron chi connectivity index (χ2n) is 7.69. The van der Waals surface area contributed by atoms with E-state index in [4.69, 9.17) is 15.0 Å². The Morgan fingerprint density at radius 1 is 1.08 bits per heavy atom. The molecule has 3 N–H and O–H groups in total. The first-order chi connectivity index (χ1) is 16.8. The van der Waals surface area contributed by atoms with Gasteiger partial charge in [-0.05, 0) is 31.0 Å². The molecule has 1 saturated carbocycles. The Kier molecular flexibility index (Phi) is 13.6. The Bertz CT molecular complexity index is 985. The van der Waals surface area contributed by atoms with Crippen LogP contribution in [0.1, 0.15) is 48.9 Å². The van der Waals surface area contributed by atoms with E-state index in [0.29, 0.717) is 23.6 Å². The van der Waals surface area contributed by atoms with Crippen LogP contribution in [0.2, 0.25) is 0 Å². The molecule has 1 amide bonds. The minimum Gasteiger partial charge on any atom is -0.481 e. The lowest BCUT2D eigenvalue weighted by molar-refractivity contribution is -0.192. The third-order valence-electron chi connectivity index (χ3n) is 5.06. The predicted molar refractivity (Wildman–Crippen MR) is 131 cm³/mol. The number of aliphatic carboxylic acids is 2. The maximum Gasteiger partial charge on any atom is 0.490 e. The fourth-order valence-corrected chi connectivity index (χ4v) is 6.51. The van der Waals surface area contributed by atoms with Gasteiger partial charge in [-0.15, -0.1) is 0 Å². The van der Waals surface area contributed by atoms with Crippen molar-refractivity contribution in [3.05, 3.63) is 29.8 Å². The first kappa shape index (κ1) is 32.1. The minimum atomic E-state index is -5.08. The molecule has 0 heterocycles. The summed E-state index contributed by atoms with van der Waals surface area (Å²) in [5, 5.41) is 18.5. The molecule has 15 heteroatoms. The summed E-state index contributed by atoms with van der Waals surface area (Å²) in [6.07, 6.45) is 0.00620. The van der Waals surface area contributed by atoms with Crippen molar-refractivity contribution in [3.63, 3.8) is 0 Å². The Balaban J connectivity index is 0.000000809. The zero-order chi connectivity index (χ0) is 27.4.